The largest absolute Gasteiger partial charge is 0.393 e. The number of carbonyl (C=O) groups excluding carboxylic acids is 1. The van der Waals surface area contributed by atoms with Gasteiger partial charge in [0.05, 0.1) is 6.10 Å². The van der Waals surface area contributed by atoms with Gasteiger partial charge in [0, 0.05) is 31.5 Å². The maximum absolute atomic E-state index is 13.7. The van der Waals surface area contributed by atoms with Crippen LogP contribution in [-0.4, -0.2) is 35.1 Å². The molecule has 5 heteroatoms. The summed E-state index contributed by atoms with van der Waals surface area (Å²) in [6.07, 6.45) is 0.562. The Balaban J connectivity index is 1.96. The van der Waals surface area contributed by atoms with Crippen molar-refractivity contribution in [3.05, 3.63) is 35.4 Å². The first-order valence-corrected chi connectivity index (χ1v) is 7.29. The van der Waals surface area contributed by atoms with E-state index in [0.717, 1.165) is 12.5 Å². The molecule has 1 aliphatic rings. The first-order valence-electron chi connectivity index (χ1n) is 7.29. The second kappa shape index (κ2) is 6.52. The zero-order chi connectivity index (χ0) is 15.6. The number of hydrogen-bond donors (Lipinski definition) is 1. The van der Waals surface area contributed by atoms with Crippen LogP contribution < -0.4 is 0 Å². The van der Waals surface area contributed by atoms with E-state index in [1.165, 1.54) is 12.1 Å². The summed E-state index contributed by atoms with van der Waals surface area (Å²) in [7, 11) is 0. The van der Waals surface area contributed by atoms with E-state index < -0.39 is 17.7 Å². The van der Waals surface area contributed by atoms with Crippen LogP contribution in [0.4, 0.5) is 8.78 Å². The highest BCUT2D eigenvalue weighted by atomic mass is 19.1. The van der Waals surface area contributed by atoms with Gasteiger partial charge in [-0.05, 0) is 30.9 Å². The fraction of sp³-hybridized carbons (Fsp3) is 0.562. The van der Waals surface area contributed by atoms with Crippen LogP contribution in [0.2, 0.25) is 0 Å². The van der Waals surface area contributed by atoms with Gasteiger partial charge in [0.2, 0.25) is 5.91 Å². The highest BCUT2D eigenvalue weighted by molar-refractivity contribution is 5.77. The summed E-state index contributed by atoms with van der Waals surface area (Å²) in [6, 6.07) is 3.44. The molecule has 1 heterocycles. The summed E-state index contributed by atoms with van der Waals surface area (Å²) in [5.74, 6) is -1.46. The first-order chi connectivity index (χ1) is 9.88. The highest BCUT2D eigenvalue weighted by Crippen LogP contribution is 2.26. The molecule has 1 aromatic carbocycles. The molecule has 1 saturated heterocycles. The van der Waals surface area contributed by atoms with Crippen LogP contribution in [0.15, 0.2) is 18.2 Å². The Morgan fingerprint density at radius 3 is 2.71 bits per heavy atom. The molecule has 0 bridgehead atoms. The summed E-state index contributed by atoms with van der Waals surface area (Å²) in [4.78, 5) is 13.9. The molecular weight excluding hydrogens is 276 g/mol. The quantitative estimate of drug-likeness (QED) is 0.928. The fourth-order valence-corrected chi connectivity index (χ4v) is 2.81. The van der Waals surface area contributed by atoms with Crippen LogP contribution >= 0.6 is 0 Å². The van der Waals surface area contributed by atoms with E-state index in [1.807, 2.05) is 0 Å². The van der Waals surface area contributed by atoms with Crippen molar-refractivity contribution >= 4 is 5.91 Å². The van der Waals surface area contributed by atoms with Gasteiger partial charge in [-0.15, -0.1) is 0 Å². The molecule has 0 spiro atoms. The van der Waals surface area contributed by atoms with Gasteiger partial charge in [0.1, 0.15) is 11.6 Å². The Labute approximate surface area is 123 Å². The van der Waals surface area contributed by atoms with Gasteiger partial charge in [-0.1, -0.05) is 13.0 Å². The Morgan fingerprint density at radius 1 is 1.43 bits per heavy atom. The molecule has 2 rings (SSSR count). The number of benzene rings is 1. The molecule has 0 radical (unpaired) electrons. The van der Waals surface area contributed by atoms with Crippen LogP contribution in [0.5, 0.6) is 0 Å². The van der Waals surface area contributed by atoms with Crippen molar-refractivity contribution < 1.29 is 18.7 Å². The second-order valence-corrected chi connectivity index (χ2v) is 5.90. The van der Waals surface area contributed by atoms with E-state index in [2.05, 4.69) is 0 Å². The fourth-order valence-electron chi connectivity index (χ4n) is 2.81. The molecule has 3 unspecified atom stereocenters. The molecule has 116 valence electrons. The number of likely N-dealkylation sites (tertiary alicyclic amines) is 1. The van der Waals surface area contributed by atoms with Crippen molar-refractivity contribution in [2.45, 2.75) is 38.7 Å². The Kier molecular flexibility index (Phi) is 4.93. The molecule has 0 aromatic heterocycles. The van der Waals surface area contributed by atoms with Gasteiger partial charge in [-0.3, -0.25) is 4.79 Å². The standard InChI is InChI=1S/C16H21F2NO2/c1-10(14-4-3-13(17)8-15(14)18)7-16(21)19-6-5-12(9-19)11(2)20/h3-4,8,10-12,20H,5-7,9H2,1-2H3. The average molecular weight is 297 g/mol. The predicted octanol–water partition coefficient (Wildman–Crippen LogP) is 2.69. The zero-order valence-electron chi connectivity index (χ0n) is 12.4. The van der Waals surface area contributed by atoms with Gasteiger partial charge in [0.25, 0.3) is 0 Å². The lowest BCUT2D eigenvalue weighted by molar-refractivity contribution is -0.130. The van der Waals surface area contributed by atoms with Crippen molar-refractivity contribution in [3.8, 4) is 0 Å². The summed E-state index contributed by atoms with van der Waals surface area (Å²) in [5.41, 5.74) is 0.357. The molecule has 1 aromatic rings. The van der Waals surface area contributed by atoms with Crippen molar-refractivity contribution in [1.29, 1.82) is 0 Å². The van der Waals surface area contributed by atoms with Gasteiger partial charge in [-0.25, -0.2) is 8.78 Å². The van der Waals surface area contributed by atoms with Crippen molar-refractivity contribution in [3.63, 3.8) is 0 Å². The third-order valence-corrected chi connectivity index (χ3v) is 4.23. The number of rotatable bonds is 4. The van der Waals surface area contributed by atoms with Crippen LogP contribution in [0, 0.1) is 17.6 Å². The smallest absolute Gasteiger partial charge is 0.223 e. The maximum atomic E-state index is 13.7. The minimum absolute atomic E-state index is 0.0469. The van der Waals surface area contributed by atoms with Crippen LogP contribution in [0.25, 0.3) is 0 Å². The molecule has 3 nitrogen and oxygen atoms in total. The first kappa shape index (κ1) is 15.9. The van der Waals surface area contributed by atoms with Gasteiger partial charge in [-0.2, -0.15) is 0 Å². The van der Waals surface area contributed by atoms with E-state index in [0.29, 0.717) is 18.7 Å². The van der Waals surface area contributed by atoms with Crippen molar-refractivity contribution in [1.82, 2.24) is 4.90 Å². The summed E-state index contributed by atoms with van der Waals surface area (Å²) in [6.45, 7) is 4.67. The molecule has 3 atom stereocenters. The van der Waals surface area contributed by atoms with Gasteiger partial charge in [0.15, 0.2) is 0 Å². The average Bonchev–Trinajstić information content (AvgIpc) is 2.88. The third-order valence-electron chi connectivity index (χ3n) is 4.23. The second-order valence-electron chi connectivity index (χ2n) is 5.90. The molecule has 0 saturated carbocycles. The van der Waals surface area contributed by atoms with E-state index in [-0.39, 0.29) is 24.2 Å². The van der Waals surface area contributed by atoms with E-state index >= 15 is 0 Å². The molecule has 1 aliphatic heterocycles. The van der Waals surface area contributed by atoms with Crippen LogP contribution in [0.1, 0.15) is 38.2 Å². The monoisotopic (exact) mass is 297 g/mol. The molecule has 21 heavy (non-hydrogen) atoms. The number of halogens is 2. The molecule has 1 amide bonds. The Hall–Kier alpha value is -1.49. The topological polar surface area (TPSA) is 40.5 Å². The SMILES string of the molecule is CC(CC(=O)N1CCC(C(C)O)C1)c1ccc(F)cc1F. The lowest BCUT2D eigenvalue weighted by Gasteiger charge is -2.20. The van der Waals surface area contributed by atoms with Gasteiger partial charge >= 0.3 is 0 Å². The van der Waals surface area contributed by atoms with Crippen LogP contribution in [0.3, 0.4) is 0 Å². The number of amides is 1. The summed E-state index contributed by atoms with van der Waals surface area (Å²) in [5, 5.41) is 9.55. The summed E-state index contributed by atoms with van der Waals surface area (Å²) >= 11 is 0. The number of nitrogens with zero attached hydrogens (tertiary/aromatic N) is 1. The lowest BCUT2D eigenvalue weighted by Crippen LogP contribution is -2.31. The minimum atomic E-state index is -0.617. The number of hydrogen-bond acceptors (Lipinski definition) is 2. The van der Waals surface area contributed by atoms with Crippen molar-refractivity contribution in [2.75, 3.05) is 13.1 Å². The molecule has 1 fully saturated rings. The summed E-state index contributed by atoms with van der Waals surface area (Å²) < 4.78 is 26.6. The Bertz CT molecular complexity index is 519. The normalized spacial score (nSPS) is 21.4. The maximum Gasteiger partial charge on any atom is 0.223 e. The molecule has 1 N–H and O–H groups in total. The van der Waals surface area contributed by atoms with E-state index in [1.54, 1.807) is 18.7 Å². The zero-order valence-corrected chi connectivity index (χ0v) is 12.4. The number of carbonyl (C=O) groups is 1. The van der Waals surface area contributed by atoms with E-state index in [9.17, 15) is 18.7 Å². The molecule has 0 aliphatic carbocycles. The van der Waals surface area contributed by atoms with Gasteiger partial charge < -0.3 is 10.0 Å². The molecular formula is C16H21F2NO2. The third kappa shape index (κ3) is 3.79. The highest BCUT2D eigenvalue weighted by Gasteiger charge is 2.29. The van der Waals surface area contributed by atoms with Crippen molar-refractivity contribution in [2.24, 2.45) is 5.92 Å². The lowest BCUT2D eigenvalue weighted by atomic mass is 9.96. The predicted molar refractivity (Wildman–Crippen MR) is 75.8 cm³/mol. The minimum Gasteiger partial charge on any atom is -0.393 e. The Morgan fingerprint density at radius 2 is 2.14 bits per heavy atom. The number of aliphatic hydroxyl groups is 1. The van der Waals surface area contributed by atoms with Crippen LogP contribution in [-0.2, 0) is 4.79 Å². The van der Waals surface area contributed by atoms with E-state index in [4.69, 9.17) is 0 Å². The number of aliphatic hydroxyl groups excluding tert-OH is 1.